The Balaban J connectivity index is 1.53. The van der Waals surface area contributed by atoms with Gasteiger partial charge in [-0.05, 0) is 33.1 Å². The van der Waals surface area contributed by atoms with Gasteiger partial charge < -0.3 is 104 Å². The molecule has 4 aliphatic rings. The molecule has 0 aromatic rings. The van der Waals surface area contributed by atoms with Crippen LogP contribution in [0.25, 0.3) is 0 Å². The minimum atomic E-state index is -1.89. The van der Waals surface area contributed by atoms with Gasteiger partial charge in [-0.1, -0.05) is 58.3 Å². The van der Waals surface area contributed by atoms with Crippen LogP contribution in [0.4, 0.5) is 0 Å². The van der Waals surface area contributed by atoms with Crippen molar-refractivity contribution >= 4 is 5.97 Å². The second kappa shape index (κ2) is 25.5. The molecule has 22 nitrogen and oxygen atoms in total. The molecule has 0 spiro atoms. The number of carbonyl (C=O) groups is 1. The zero-order valence-corrected chi connectivity index (χ0v) is 35.6. The van der Waals surface area contributed by atoms with Crippen LogP contribution < -0.4 is 0 Å². The fraction of sp³-hybridized carbons (Fsp3) is 0.975. The molecule has 4 heterocycles. The summed E-state index contributed by atoms with van der Waals surface area (Å²) in [6.07, 6.45) is -25.7. The van der Waals surface area contributed by atoms with Gasteiger partial charge in [0.2, 0.25) is 0 Å². The highest BCUT2D eigenvalue weighted by Gasteiger charge is 2.54. The lowest BCUT2D eigenvalue weighted by molar-refractivity contribution is -0.396. The zero-order chi connectivity index (χ0) is 45.8. The third kappa shape index (κ3) is 14.3. The molecule has 0 amide bonds. The molecule has 22 atom stereocenters. The van der Waals surface area contributed by atoms with Crippen LogP contribution >= 0.6 is 0 Å². The number of rotatable bonds is 24. The number of aliphatic hydroxyl groups excluding tert-OH is 12. The molecule has 0 radical (unpaired) electrons. The second-order valence-corrected chi connectivity index (χ2v) is 17.0. The second-order valence-electron chi connectivity index (χ2n) is 17.0. The predicted octanol–water partition coefficient (Wildman–Crippen LogP) is -3.15. The lowest BCUT2D eigenvalue weighted by Crippen LogP contribution is -2.67. The Morgan fingerprint density at radius 3 is 1.61 bits per heavy atom. The maximum atomic E-state index is 11.7. The van der Waals surface area contributed by atoms with Gasteiger partial charge in [0.15, 0.2) is 25.2 Å². The van der Waals surface area contributed by atoms with Crippen LogP contribution in [0.2, 0.25) is 0 Å². The van der Waals surface area contributed by atoms with E-state index >= 15 is 0 Å². The molecule has 0 unspecified atom stereocenters. The fourth-order valence-corrected chi connectivity index (χ4v) is 8.05. The van der Waals surface area contributed by atoms with Gasteiger partial charge in [0.25, 0.3) is 0 Å². The summed E-state index contributed by atoms with van der Waals surface area (Å²) in [4.78, 5) is 10.8. The summed E-state index contributed by atoms with van der Waals surface area (Å²) in [5, 5.41) is 136. The quantitative estimate of drug-likeness (QED) is 0.0425. The predicted molar refractivity (Wildman–Crippen MR) is 208 cm³/mol. The molecule has 4 fully saturated rings. The van der Waals surface area contributed by atoms with Crippen molar-refractivity contribution in [3.8, 4) is 0 Å². The highest BCUT2D eigenvalue weighted by Crippen LogP contribution is 2.35. The van der Waals surface area contributed by atoms with E-state index < -0.39 is 154 Å². The summed E-state index contributed by atoms with van der Waals surface area (Å²) in [6.45, 7) is 3.51. The van der Waals surface area contributed by atoms with Crippen LogP contribution in [0.15, 0.2) is 0 Å². The Morgan fingerprint density at radius 2 is 1.03 bits per heavy atom. The molecule has 4 rings (SSSR count). The number of aliphatic carboxylic acids is 1. The third-order valence-electron chi connectivity index (χ3n) is 12.0. The van der Waals surface area contributed by atoms with Gasteiger partial charge in [0, 0.05) is 0 Å². The summed E-state index contributed by atoms with van der Waals surface area (Å²) >= 11 is 0. The monoisotopic (exact) mass is 904 g/mol. The summed E-state index contributed by atoms with van der Waals surface area (Å²) < 4.78 is 47.4. The molecule has 0 aromatic heterocycles. The van der Waals surface area contributed by atoms with E-state index in [0.717, 1.165) is 38.5 Å². The average molecular weight is 905 g/mol. The molecule has 364 valence electrons. The SMILES string of the molecule is CCCC[C@H](CCCCCCCC[C@@H](O)CC(=O)O)O[C@@H]1O[C@H](CO[C@H]2O[C@H](C)[C@@H](O)[C@H](O)[C@@H]2O)[C@@H](O)[C@H](O)[C@H]1O[C@@H]1O[C@H](CO)[C@@H](O)[C@H](O)[C@H]1O[C@@H]1O[C@@H](C)[C@H](O)[C@@H](O)[C@H]1O. The van der Waals surface area contributed by atoms with Crippen LogP contribution in [0.3, 0.4) is 0 Å². The van der Waals surface area contributed by atoms with E-state index in [-0.39, 0.29) is 6.42 Å². The third-order valence-corrected chi connectivity index (χ3v) is 12.0. The average Bonchev–Trinajstić information content (AvgIpc) is 3.23. The smallest absolute Gasteiger partial charge is 0.305 e. The van der Waals surface area contributed by atoms with E-state index in [0.29, 0.717) is 32.1 Å². The molecule has 0 aliphatic carbocycles. The number of aliphatic hydroxyl groups is 12. The van der Waals surface area contributed by atoms with Crippen molar-refractivity contribution in [2.75, 3.05) is 13.2 Å². The van der Waals surface area contributed by atoms with Gasteiger partial charge in [-0.2, -0.15) is 0 Å². The van der Waals surface area contributed by atoms with Gasteiger partial charge in [-0.25, -0.2) is 0 Å². The minimum Gasteiger partial charge on any atom is -0.481 e. The number of hydrogen-bond acceptors (Lipinski definition) is 21. The Hall–Kier alpha value is -1.33. The Bertz CT molecular complexity index is 1290. The van der Waals surface area contributed by atoms with Gasteiger partial charge in [-0.3, -0.25) is 4.79 Å². The molecule has 13 N–H and O–H groups in total. The number of carboxylic acids is 1. The van der Waals surface area contributed by atoms with Crippen LogP contribution in [0, 0.1) is 0 Å². The first-order valence-corrected chi connectivity index (χ1v) is 21.9. The van der Waals surface area contributed by atoms with Crippen LogP contribution in [-0.4, -0.2) is 221 Å². The zero-order valence-electron chi connectivity index (χ0n) is 35.6. The number of hydrogen-bond donors (Lipinski definition) is 13. The highest BCUT2D eigenvalue weighted by molar-refractivity contribution is 5.67. The molecular formula is C40H72O22. The highest BCUT2D eigenvalue weighted by atomic mass is 16.8. The van der Waals surface area contributed by atoms with Crippen molar-refractivity contribution in [3.05, 3.63) is 0 Å². The largest absolute Gasteiger partial charge is 0.481 e. The maximum absolute atomic E-state index is 11.7. The van der Waals surface area contributed by atoms with Crippen LogP contribution in [0.1, 0.15) is 97.8 Å². The molecule has 0 bridgehead atoms. The molecule has 4 aliphatic heterocycles. The first-order valence-electron chi connectivity index (χ1n) is 21.9. The summed E-state index contributed by atoms with van der Waals surface area (Å²) in [5.74, 6) is -1.05. The number of unbranched alkanes of at least 4 members (excludes halogenated alkanes) is 6. The normalized spacial score (nSPS) is 42.7. The van der Waals surface area contributed by atoms with Crippen molar-refractivity contribution in [3.63, 3.8) is 0 Å². The van der Waals surface area contributed by atoms with Gasteiger partial charge in [0.1, 0.15) is 85.5 Å². The van der Waals surface area contributed by atoms with Gasteiger partial charge in [0.05, 0.1) is 44.1 Å². The van der Waals surface area contributed by atoms with Gasteiger partial charge in [-0.15, -0.1) is 0 Å². The van der Waals surface area contributed by atoms with E-state index in [1.807, 2.05) is 6.92 Å². The lowest BCUT2D eigenvalue weighted by atomic mass is 9.96. The van der Waals surface area contributed by atoms with Crippen molar-refractivity contribution < 1.29 is 109 Å². The Labute approximate surface area is 360 Å². The first kappa shape index (κ1) is 53.3. The standard InChI is InChI=1S/C40H72O22/c1-4-5-13-21(14-11-9-7-6-8-10-12-20(42)15-24(43)44)58-39-35(32(52)28(48)23(60-39)17-55-37-33(53)29(49)25(45)18(2)56-37)62-40-36(31(51)27(47)22(16-41)59-40)61-38-34(54)30(50)26(46)19(3)57-38/h18-23,25-42,45-54H,4-17H2,1-3H3,(H,43,44)/t18-,19+,20-,21-,22-,23-,25-,26+,27-,28-,29+,30-,31+,32+,33+,34-,35-,36-,37+,38+,39-,40+/m1/s1. The summed E-state index contributed by atoms with van der Waals surface area (Å²) in [6, 6.07) is 0. The van der Waals surface area contributed by atoms with E-state index in [2.05, 4.69) is 0 Å². The molecule has 0 aromatic carbocycles. The first-order chi connectivity index (χ1) is 29.4. The fourth-order valence-electron chi connectivity index (χ4n) is 8.05. The Morgan fingerprint density at radius 1 is 0.548 bits per heavy atom. The molecule has 22 heteroatoms. The molecular weight excluding hydrogens is 832 g/mol. The van der Waals surface area contributed by atoms with E-state index in [9.17, 15) is 66.1 Å². The van der Waals surface area contributed by atoms with Crippen LogP contribution in [0.5, 0.6) is 0 Å². The number of carboxylic acid groups (broad SMARTS) is 1. The molecule has 62 heavy (non-hydrogen) atoms. The van der Waals surface area contributed by atoms with Crippen molar-refractivity contribution in [2.24, 2.45) is 0 Å². The Kier molecular flexibility index (Phi) is 22.0. The van der Waals surface area contributed by atoms with E-state index in [4.69, 9.17) is 43.0 Å². The van der Waals surface area contributed by atoms with E-state index in [1.165, 1.54) is 13.8 Å². The van der Waals surface area contributed by atoms with E-state index in [1.54, 1.807) is 0 Å². The lowest BCUT2D eigenvalue weighted by Gasteiger charge is -2.49. The van der Waals surface area contributed by atoms with Crippen LogP contribution in [-0.2, 0) is 42.7 Å². The molecule has 4 saturated heterocycles. The van der Waals surface area contributed by atoms with Crippen molar-refractivity contribution in [1.82, 2.24) is 0 Å². The summed E-state index contributed by atoms with van der Waals surface area (Å²) in [7, 11) is 0. The number of ether oxygens (including phenoxy) is 8. The van der Waals surface area contributed by atoms with Crippen molar-refractivity contribution in [1.29, 1.82) is 0 Å². The maximum Gasteiger partial charge on any atom is 0.305 e. The summed E-state index contributed by atoms with van der Waals surface area (Å²) in [5.41, 5.74) is 0. The topological polar surface area (TPSA) is 354 Å². The van der Waals surface area contributed by atoms with Gasteiger partial charge >= 0.3 is 5.97 Å². The van der Waals surface area contributed by atoms with Crippen molar-refractivity contribution in [2.45, 2.75) is 233 Å². The minimum absolute atomic E-state index is 0.294. The molecule has 0 saturated carbocycles.